The Morgan fingerprint density at radius 2 is 2.13 bits per heavy atom. The van der Waals surface area contributed by atoms with Crippen molar-refractivity contribution in [1.29, 1.82) is 0 Å². The normalized spacial score (nSPS) is 22.1. The van der Waals surface area contributed by atoms with E-state index in [-0.39, 0.29) is 23.9 Å². The molecule has 1 aliphatic rings. The molecule has 6 heteroatoms. The summed E-state index contributed by atoms with van der Waals surface area (Å²) in [5.74, 6) is -0.159. The molecule has 0 aromatic heterocycles. The number of hydrogen-bond donors (Lipinski definition) is 1. The Morgan fingerprint density at radius 3 is 2.78 bits per heavy atom. The predicted octanol–water partition coefficient (Wildman–Crippen LogP) is 3.29. The summed E-state index contributed by atoms with van der Waals surface area (Å²) in [5.41, 5.74) is 0.918. The molecule has 4 nitrogen and oxygen atoms in total. The van der Waals surface area contributed by atoms with Crippen LogP contribution in [0.2, 0.25) is 25.7 Å². The van der Waals surface area contributed by atoms with E-state index in [4.69, 9.17) is 4.74 Å². The number of nitrogens with one attached hydrogen (secondary N) is 1. The molecule has 1 aromatic rings. The van der Waals surface area contributed by atoms with E-state index in [0.717, 1.165) is 24.7 Å². The summed E-state index contributed by atoms with van der Waals surface area (Å²) >= 11 is 0. The fraction of sp³-hybridized carbons (Fsp3) is 0.588. The monoisotopic (exact) mass is 338 g/mol. The second kappa shape index (κ2) is 7.44. The third-order valence-electron chi connectivity index (χ3n) is 4.17. The number of ether oxygens (including phenoxy) is 1. The lowest BCUT2D eigenvalue weighted by atomic mass is 9.94. The molecule has 1 aromatic carbocycles. The van der Waals surface area contributed by atoms with Gasteiger partial charge in [-0.25, -0.2) is 9.18 Å². The van der Waals surface area contributed by atoms with Crippen LogP contribution in [0.4, 0.5) is 9.18 Å². The molecule has 2 atom stereocenters. The second-order valence-electron chi connectivity index (χ2n) is 7.58. The van der Waals surface area contributed by atoms with Gasteiger partial charge in [-0.15, -0.1) is 0 Å². The Labute approximate surface area is 139 Å². The van der Waals surface area contributed by atoms with Crippen LogP contribution in [-0.2, 0) is 4.74 Å². The van der Waals surface area contributed by atoms with Gasteiger partial charge >= 0.3 is 6.09 Å². The minimum absolute atomic E-state index is 0.0545. The van der Waals surface area contributed by atoms with Crippen LogP contribution in [0.25, 0.3) is 0 Å². The zero-order valence-electron chi connectivity index (χ0n) is 14.4. The van der Waals surface area contributed by atoms with E-state index in [1.165, 1.54) is 6.07 Å². The molecule has 0 aliphatic carbocycles. The molecule has 2 rings (SSSR count). The number of amides is 1. The van der Waals surface area contributed by atoms with Crippen molar-refractivity contribution in [3.05, 3.63) is 35.6 Å². The average Bonchev–Trinajstić information content (AvgIpc) is 2.78. The fourth-order valence-corrected chi connectivity index (χ4v) is 3.58. The Morgan fingerprint density at radius 1 is 1.39 bits per heavy atom. The zero-order valence-corrected chi connectivity index (χ0v) is 15.4. The molecule has 1 amide bonds. The maximum Gasteiger partial charge on any atom is 0.407 e. The van der Waals surface area contributed by atoms with Gasteiger partial charge in [0, 0.05) is 27.1 Å². The van der Waals surface area contributed by atoms with Crippen LogP contribution in [0.5, 0.6) is 0 Å². The smallest absolute Gasteiger partial charge is 0.407 e. The first kappa shape index (κ1) is 17.9. The summed E-state index contributed by atoms with van der Waals surface area (Å²) in [7, 11) is 0.798. The lowest BCUT2D eigenvalue weighted by Gasteiger charge is -2.21. The number of hydrogen-bond acceptors (Lipinski definition) is 3. The highest BCUT2D eigenvalue weighted by Crippen LogP contribution is 2.27. The Balaban J connectivity index is 1.93. The summed E-state index contributed by atoms with van der Waals surface area (Å²) in [5, 5.41) is 2.95. The van der Waals surface area contributed by atoms with Crippen LogP contribution < -0.4 is 5.32 Å². The highest BCUT2D eigenvalue weighted by atomic mass is 28.3. The van der Waals surface area contributed by atoms with Gasteiger partial charge in [0.2, 0.25) is 0 Å². The molecule has 1 fully saturated rings. The number of benzene rings is 1. The number of carbonyl (C=O) groups excluding carboxylic acids is 1. The van der Waals surface area contributed by atoms with E-state index >= 15 is 0 Å². The van der Waals surface area contributed by atoms with Gasteiger partial charge in [-0.2, -0.15) is 0 Å². The number of likely N-dealkylation sites (tertiary alicyclic amines) is 1. The van der Waals surface area contributed by atoms with Crippen molar-refractivity contribution in [2.24, 2.45) is 0 Å². The lowest BCUT2D eigenvalue weighted by Crippen LogP contribution is -2.40. The zero-order chi connectivity index (χ0) is 17.0. The van der Waals surface area contributed by atoms with Gasteiger partial charge in [0.05, 0.1) is 12.6 Å². The first-order valence-electron chi connectivity index (χ1n) is 8.12. The summed E-state index contributed by atoms with van der Waals surface area (Å²) in [6, 6.07) is 7.52. The van der Waals surface area contributed by atoms with Crippen LogP contribution in [-0.4, -0.2) is 51.9 Å². The van der Waals surface area contributed by atoms with Crippen LogP contribution in [0.3, 0.4) is 0 Å². The third kappa shape index (κ3) is 5.62. The summed E-state index contributed by atoms with van der Waals surface area (Å²) in [6.45, 7) is 8.75. The number of halogens is 1. The first-order valence-corrected chi connectivity index (χ1v) is 11.8. The van der Waals surface area contributed by atoms with E-state index < -0.39 is 8.07 Å². The van der Waals surface area contributed by atoms with Crippen LogP contribution in [0, 0.1) is 5.82 Å². The first-order chi connectivity index (χ1) is 10.7. The van der Waals surface area contributed by atoms with Crippen LogP contribution in [0.15, 0.2) is 24.3 Å². The SMILES string of the molecule is CN1CC(NC(=O)OCC[Si](C)(C)C)C(c2cccc(F)c2)C1. The van der Waals surface area contributed by atoms with Crippen molar-refractivity contribution in [2.75, 3.05) is 26.7 Å². The van der Waals surface area contributed by atoms with E-state index in [1.807, 2.05) is 13.1 Å². The van der Waals surface area contributed by atoms with Gasteiger partial charge in [-0.05, 0) is 30.8 Å². The van der Waals surface area contributed by atoms with Crippen molar-refractivity contribution in [3.8, 4) is 0 Å². The molecule has 1 saturated heterocycles. The fourth-order valence-electron chi connectivity index (χ4n) is 2.86. The standard InChI is InChI=1S/C17H27FN2O2Si/c1-20-11-15(13-6-5-7-14(18)10-13)16(12-20)19-17(21)22-8-9-23(2,3)4/h5-7,10,15-16H,8-9,11-12H2,1-4H3,(H,19,21). The van der Waals surface area contributed by atoms with Gasteiger partial charge in [-0.1, -0.05) is 31.8 Å². The van der Waals surface area contributed by atoms with Crippen molar-refractivity contribution >= 4 is 14.2 Å². The summed E-state index contributed by atoms with van der Waals surface area (Å²) < 4.78 is 18.8. The summed E-state index contributed by atoms with van der Waals surface area (Å²) in [4.78, 5) is 14.2. The lowest BCUT2D eigenvalue weighted by molar-refractivity contribution is 0.147. The van der Waals surface area contributed by atoms with Crippen molar-refractivity contribution < 1.29 is 13.9 Å². The van der Waals surface area contributed by atoms with Gasteiger partial charge in [0.25, 0.3) is 0 Å². The molecule has 23 heavy (non-hydrogen) atoms. The molecule has 0 bridgehead atoms. The Kier molecular flexibility index (Phi) is 5.81. The van der Waals surface area contributed by atoms with Crippen molar-refractivity contribution in [2.45, 2.75) is 37.6 Å². The molecular weight excluding hydrogens is 311 g/mol. The maximum absolute atomic E-state index is 13.5. The average molecular weight is 338 g/mol. The molecule has 128 valence electrons. The molecule has 2 unspecified atom stereocenters. The minimum Gasteiger partial charge on any atom is -0.450 e. The minimum atomic E-state index is -1.21. The molecule has 0 spiro atoms. The molecule has 0 radical (unpaired) electrons. The highest BCUT2D eigenvalue weighted by Gasteiger charge is 2.33. The number of nitrogens with zero attached hydrogens (tertiary/aromatic N) is 1. The van der Waals surface area contributed by atoms with Crippen molar-refractivity contribution in [1.82, 2.24) is 10.2 Å². The predicted molar refractivity (Wildman–Crippen MR) is 93.1 cm³/mol. The molecule has 1 heterocycles. The summed E-state index contributed by atoms with van der Waals surface area (Å²) in [6.07, 6.45) is -0.370. The molecule has 0 saturated carbocycles. The highest BCUT2D eigenvalue weighted by molar-refractivity contribution is 6.76. The van der Waals surface area contributed by atoms with Gasteiger partial charge in [0.1, 0.15) is 5.82 Å². The number of likely N-dealkylation sites (N-methyl/N-ethyl adjacent to an activating group) is 1. The maximum atomic E-state index is 13.5. The topological polar surface area (TPSA) is 41.6 Å². The van der Waals surface area contributed by atoms with E-state index in [9.17, 15) is 9.18 Å². The number of rotatable bonds is 5. The van der Waals surface area contributed by atoms with Crippen LogP contribution in [0.1, 0.15) is 11.5 Å². The quantitative estimate of drug-likeness (QED) is 0.838. The number of carbonyl (C=O) groups is 1. The van der Waals surface area contributed by atoms with Gasteiger partial charge in [0.15, 0.2) is 0 Å². The van der Waals surface area contributed by atoms with Gasteiger partial charge < -0.3 is 15.0 Å². The molecule has 1 aliphatic heterocycles. The van der Waals surface area contributed by atoms with Gasteiger partial charge in [-0.3, -0.25) is 0 Å². The van der Waals surface area contributed by atoms with E-state index in [2.05, 4.69) is 29.9 Å². The Bertz CT molecular complexity index is 548. The molecular formula is C17H27FN2O2Si. The number of alkyl carbamates (subject to hydrolysis) is 1. The van der Waals surface area contributed by atoms with Crippen molar-refractivity contribution in [3.63, 3.8) is 0 Å². The van der Waals surface area contributed by atoms with E-state index in [1.54, 1.807) is 12.1 Å². The van der Waals surface area contributed by atoms with Crippen LogP contribution >= 0.6 is 0 Å². The molecule has 1 N–H and O–H groups in total. The third-order valence-corrected chi connectivity index (χ3v) is 5.87. The van der Waals surface area contributed by atoms with E-state index in [0.29, 0.717) is 6.61 Å². The Hall–Kier alpha value is -1.40. The largest absolute Gasteiger partial charge is 0.450 e. The second-order valence-corrected chi connectivity index (χ2v) is 13.2.